The second kappa shape index (κ2) is 17.3. The zero-order valence-corrected chi connectivity index (χ0v) is 4.57. The first-order valence-corrected chi connectivity index (χ1v) is 1.89. The second-order valence-corrected chi connectivity index (χ2v) is 0.651. The predicted molar refractivity (Wildman–Crippen MR) is 28.1 cm³/mol. The lowest BCUT2D eigenvalue weighted by atomic mass is 10.7. The van der Waals surface area contributed by atoms with Crippen LogP contribution in [0.3, 0.4) is 0 Å². The molecule has 3 nitrogen and oxygen atoms in total. The van der Waals surface area contributed by atoms with Crippen molar-refractivity contribution in [1.82, 2.24) is 5.48 Å². The van der Waals surface area contributed by atoms with Crippen molar-refractivity contribution in [2.24, 2.45) is 0 Å². The molecule has 0 aliphatic carbocycles. The zero-order valence-electron chi connectivity index (χ0n) is 3.76. The van der Waals surface area contributed by atoms with Gasteiger partial charge in [-0.1, -0.05) is 6.08 Å². The van der Waals surface area contributed by atoms with E-state index in [1.807, 2.05) is 5.48 Å². The van der Waals surface area contributed by atoms with Crippen LogP contribution in [0.4, 0.5) is 0 Å². The molecule has 4 heteroatoms. The van der Waals surface area contributed by atoms with Crippen molar-refractivity contribution >= 4 is 12.5 Å². The monoisotopic (exact) mass is 121 g/mol. The molecule has 0 saturated heterocycles. The summed E-state index contributed by atoms with van der Waals surface area (Å²) in [5.41, 5.74) is 1.90. The molecular formula is C3H7NO2S. The van der Waals surface area contributed by atoms with Crippen LogP contribution in [-0.4, -0.2) is 16.0 Å². The maximum atomic E-state index is 7.83. The Kier molecular flexibility index (Phi) is 24.3. The molecule has 0 unspecified atom stereocenters. The van der Waals surface area contributed by atoms with Gasteiger partial charge in [0, 0.05) is 6.54 Å². The van der Waals surface area contributed by atoms with E-state index in [0.29, 0.717) is 6.54 Å². The van der Waals surface area contributed by atoms with E-state index in [0.717, 1.165) is 0 Å². The van der Waals surface area contributed by atoms with Crippen LogP contribution in [0.25, 0.3) is 0 Å². The molecule has 42 valence electrons. The fraction of sp³-hybridized carbons (Fsp3) is 0.333. The highest BCUT2D eigenvalue weighted by atomic mass is 32.1. The Morgan fingerprint density at radius 1 is 1.86 bits per heavy atom. The smallest absolute Gasteiger partial charge is 0.197 e. The first-order chi connectivity index (χ1) is 3.41. The standard InChI is InChI=1S/C3H7NO.OS/c1-2-3-4-5;1-2/h2,4-5H,1,3H2;. The van der Waals surface area contributed by atoms with E-state index in [4.69, 9.17) is 9.42 Å². The third kappa shape index (κ3) is 27.3. The Bertz CT molecular complexity index is 41.9. The Morgan fingerprint density at radius 3 is 2.29 bits per heavy atom. The third-order valence-electron chi connectivity index (χ3n) is 0.236. The van der Waals surface area contributed by atoms with Gasteiger partial charge in [-0.3, -0.25) is 0 Å². The van der Waals surface area contributed by atoms with E-state index in [9.17, 15) is 0 Å². The summed E-state index contributed by atoms with van der Waals surface area (Å²) >= 11 is 2.83. The Balaban J connectivity index is 0. The highest BCUT2D eigenvalue weighted by molar-refractivity contribution is 7.44. The maximum Gasteiger partial charge on any atom is 0.197 e. The molecule has 0 aromatic rings. The quantitative estimate of drug-likeness (QED) is 0.393. The summed E-state index contributed by atoms with van der Waals surface area (Å²) in [4.78, 5) is 0. The minimum Gasteiger partial charge on any atom is -0.317 e. The first-order valence-electron chi connectivity index (χ1n) is 1.56. The lowest BCUT2D eigenvalue weighted by Gasteiger charge is -1.78. The van der Waals surface area contributed by atoms with Crippen LogP contribution in [0.15, 0.2) is 12.7 Å². The fourth-order valence-electron chi connectivity index (χ4n) is 0.0645. The van der Waals surface area contributed by atoms with Gasteiger partial charge >= 0.3 is 0 Å². The lowest BCUT2D eigenvalue weighted by molar-refractivity contribution is 0.180. The van der Waals surface area contributed by atoms with Crippen molar-refractivity contribution in [3.05, 3.63) is 12.7 Å². The van der Waals surface area contributed by atoms with Gasteiger partial charge in [0.2, 0.25) is 0 Å². The van der Waals surface area contributed by atoms with Crippen LogP contribution in [0.5, 0.6) is 0 Å². The number of rotatable bonds is 2. The molecule has 0 fully saturated rings. The normalized spacial score (nSPS) is 5.86. The van der Waals surface area contributed by atoms with Gasteiger partial charge in [-0.05, 0) is 0 Å². The molecule has 0 radical (unpaired) electrons. The van der Waals surface area contributed by atoms with Crippen molar-refractivity contribution in [1.29, 1.82) is 0 Å². The van der Waals surface area contributed by atoms with Gasteiger partial charge < -0.3 is 5.21 Å². The molecule has 0 spiro atoms. The van der Waals surface area contributed by atoms with Crippen molar-refractivity contribution in [2.75, 3.05) is 6.54 Å². The second-order valence-electron chi connectivity index (χ2n) is 0.651. The number of hydrogen-bond acceptors (Lipinski definition) is 4. The van der Waals surface area contributed by atoms with Crippen LogP contribution in [-0.2, 0) is 12.5 Å². The van der Waals surface area contributed by atoms with Crippen molar-refractivity contribution < 1.29 is 9.42 Å². The minimum atomic E-state index is 0.458. The third-order valence-corrected chi connectivity index (χ3v) is 0.236. The van der Waals surface area contributed by atoms with Crippen LogP contribution >= 0.6 is 0 Å². The summed E-state index contributed by atoms with van der Waals surface area (Å²) in [6.07, 6.45) is 1.57. The van der Waals surface area contributed by atoms with Crippen LogP contribution in [0.2, 0.25) is 0 Å². The Morgan fingerprint density at radius 2 is 2.29 bits per heavy atom. The molecule has 7 heavy (non-hydrogen) atoms. The minimum absolute atomic E-state index is 0.458. The van der Waals surface area contributed by atoms with Crippen LogP contribution < -0.4 is 5.48 Å². The summed E-state index contributed by atoms with van der Waals surface area (Å²) in [6, 6.07) is 0. The molecule has 0 bridgehead atoms. The number of nitrogens with one attached hydrogen (secondary N) is 1. The van der Waals surface area contributed by atoms with Gasteiger partial charge in [-0.15, -0.1) is 6.58 Å². The first kappa shape index (κ1) is 9.84. The van der Waals surface area contributed by atoms with Crippen LogP contribution in [0.1, 0.15) is 0 Å². The average Bonchev–Trinajstić information content (AvgIpc) is 1.75. The van der Waals surface area contributed by atoms with Gasteiger partial charge in [-0.2, -0.15) is 4.21 Å². The summed E-state index contributed by atoms with van der Waals surface area (Å²) in [5.74, 6) is 0. The molecule has 0 aliphatic rings. The molecule has 0 aliphatic heterocycles. The van der Waals surface area contributed by atoms with E-state index in [1.165, 1.54) is 0 Å². The summed E-state index contributed by atoms with van der Waals surface area (Å²) in [7, 11) is 0. The van der Waals surface area contributed by atoms with E-state index >= 15 is 0 Å². The fourth-order valence-corrected chi connectivity index (χ4v) is 0.0645. The van der Waals surface area contributed by atoms with Crippen molar-refractivity contribution in [2.45, 2.75) is 0 Å². The zero-order chi connectivity index (χ0) is 6.12. The summed E-state index contributed by atoms with van der Waals surface area (Å²) in [6.45, 7) is 3.79. The lowest BCUT2D eigenvalue weighted by Crippen LogP contribution is -2.04. The Hall–Kier alpha value is -0.320. The molecule has 0 atom stereocenters. The molecule has 0 rings (SSSR count). The average molecular weight is 121 g/mol. The molecule has 0 saturated carbocycles. The van der Waals surface area contributed by atoms with E-state index in [2.05, 4.69) is 19.1 Å². The maximum absolute atomic E-state index is 7.83. The molecule has 0 aromatic heterocycles. The van der Waals surface area contributed by atoms with E-state index in [-0.39, 0.29) is 0 Å². The van der Waals surface area contributed by atoms with Crippen LogP contribution in [0, 0.1) is 0 Å². The number of hydrogen-bond donors (Lipinski definition) is 2. The predicted octanol–water partition coefficient (Wildman–Crippen LogP) is -0.185. The van der Waals surface area contributed by atoms with Crippen molar-refractivity contribution in [3.63, 3.8) is 0 Å². The van der Waals surface area contributed by atoms with Gasteiger partial charge in [0.15, 0.2) is 12.5 Å². The Labute approximate surface area is 47.5 Å². The summed E-state index contributed by atoms with van der Waals surface area (Å²) < 4.78 is 7.83. The van der Waals surface area contributed by atoms with Gasteiger partial charge in [0.25, 0.3) is 0 Å². The van der Waals surface area contributed by atoms with Gasteiger partial charge in [-0.25, -0.2) is 5.48 Å². The molecular weight excluding hydrogens is 114 g/mol. The topological polar surface area (TPSA) is 49.3 Å². The molecule has 2 N–H and O–H groups in total. The highest BCUT2D eigenvalue weighted by Crippen LogP contribution is 1.48. The SMILES string of the molecule is C=CCNO.O=S. The van der Waals surface area contributed by atoms with Gasteiger partial charge in [0.05, 0.1) is 0 Å². The van der Waals surface area contributed by atoms with E-state index in [1.54, 1.807) is 6.08 Å². The molecule has 0 heterocycles. The number of hydroxylamine groups is 1. The van der Waals surface area contributed by atoms with E-state index < -0.39 is 0 Å². The highest BCUT2D eigenvalue weighted by Gasteiger charge is 1.58. The molecule has 0 aromatic carbocycles. The van der Waals surface area contributed by atoms with Gasteiger partial charge in [0.1, 0.15) is 0 Å². The van der Waals surface area contributed by atoms with Crippen molar-refractivity contribution in [3.8, 4) is 0 Å². The summed E-state index contributed by atoms with van der Waals surface area (Å²) in [5, 5.41) is 7.74. The molecule has 0 amide bonds. The largest absolute Gasteiger partial charge is 0.317 e.